The van der Waals surface area contributed by atoms with Crippen molar-refractivity contribution >= 4 is 10.9 Å². The topological polar surface area (TPSA) is 88.9 Å². The number of benzene rings is 1. The van der Waals surface area contributed by atoms with Crippen molar-refractivity contribution in [2.24, 2.45) is 0 Å². The SMILES string of the molecule is Cc1ccc2cc([C@@H](c3nnnn3C(C)(C)C)N3CCOCC3)c(=O)[nH]c2c1. The first-order valence-electron chi connectivity index (χ1n) is 9.59. The smallest absolute Gasteiger partial charge is 0.253 e. The van der Waals surface area contributed by atoms with Gasteiger partial charge in [0.05, 0.1) is 18.8 Å². The van der Waals surface area contributed by atoms with Gasteiger partial charge >= 0.3 is 0 Å². The van der Waals surface area contributed by atoms with Gasteiger partial charge in [-0.3, -0.25) is 9.69 Å². The van der Waals surface area contributed by atoms with Gasteiger partial charge in [-0.2, -0.15) is 0 Å². The Kier molecular flexibility index (Phi) is 4.76. The van der Waals surface area contributed by atoms with E-state index in [9.17, 15) is 4.79 Å². The molecule has 3 heterocycles. The quantitative estimate of drug-likeness (QED) is 0.745. The zero-order valence-corrected chi connectivity index (χ0v) is 16.8. The lowest BCUT2D eigenvalue weighted by molar-refractivity contribution is 0.0206. The van der Waals surface area contributed by atoms with E-state index in [1.165, 1.54) is 0 Å². The fourth-order valence-electron chi connectivity index (χ4n) is 3.71. The molecule has 8 nitrogen and oxygen atoms in total. The number of fused-ring (bicyclic) bond motifs is 1. The molecule has 0 saturated carbocycles. The van der Waals surface area contributed by atoms with E-state index in [1.54, 1.807) is 0 Å². The van der Waals surface area contributed by atoms with Crippen LogP contribution in [0.4, 0.5) is 0 Å². The van der Waals surface area contributed by atoms with Gasteiger partial charge in [-0.15, -0.1) is 5.10 Å². The van der Waals surface area contributed by atoms with Crippen LogP contribution in [0, 0.1) is 6.92 Å². The predicted molar refractivity (Wildman–Crippen MR) is 106 cm³/mol. The standard InChI is InChI=1S/C20H26N6O2/c1-13-5-6-14-12-15(19(27)21-16(14)11-13)17(25-7-9-28-10-8-25)18-22-23-24-26(18)20(2,3)4/h5-6,11-12,17H,7-10H2,1-4H3,(H,21,27)/t17-/m0/s1. The summed E-state index contributed by atoms with van der Waals surface area (Å²) in [6.45, 7) is 10.8. The molecular weight excluding hydrogens is 356 g/mol. The molecule has 1 aliphatic rings. The number of aryl methyl sites for hydroxylation is 1. The predicted octanol–water partition coefficient (Wildman–Crippen LogP) is 2.00. The summed E-state index contributed by atoms with van der Waals surface area (Å²) in [5.41, 5.74) is 2.18. The third kappa shape index (κ3) is 3.45. The van der Waals surface area contributed by atoms with Gasteiger partial charge in [0, 0.05) is 24.2 Å². The molecule has 8 heteroatoms. The molecule has 0 amide bonds. The van der Waals surface area contributed by atoms with Gasteiger partial charge in [0.2, 0.25) is 0 Å². The van der Waals surface area contributed by atoms with Crippen LogP contribution in [0.2, 0.25) is 0 Å². The molecule has 1 saturated heterocycles. The van der Waals surface area contributed by atoms with Crippen LogP contribution in [0.3, 0.4) is 0 Å². The molecule has 28 heavy (non-hydrogen) atoms. The number of morpholine rings is 1. The van der Waals surface area contributed by atoms with E-state index in [4.69, 9.17) is 4.74 Å². The first-order chi connectivity index (χ1) is 13.3. The average molecular weight is 382 g/mol. The number of pyridine rings is 1. The van der Waals surface area contributed by atoms with Gasteiger partial charge in [-0.1, -0.05) is 12.1 Å². The van der Waals surface area contributed by atoms with Crippen molar-refractivity contribution in [3.05, 3.63) is 51.6 Å². The lowest BCUT2D eigenvalue weighted by Gasteiger charge is -2.34. The van der Waals surface area contributed by atoms with Crippen LogP contribution in [-0.4, -0.2) is 56.4 Å². The molecule has 2 aromatic heterocycles. The highest BCUT2D eigenvalue weighted by atomic mass is 16.5. The number of tetrazole rings is 1. The minimum absolute atomic E-state index is 0.113. The largest absolute Gasteiger partial charge is 0.379 e. The second kappa shape index (κ2) is 7.10. The van der Waals surface area contributed by atoms with E-state index in [2.05, 4.69) is 46.2 Å². The van der Waals surface area contributed by atoms with Gasteiger partial charge in [0.1, 0.15) is 6.04 Å². The minimum atomic E-state index is -0.340. The number of nitrogens with zero attached hydrogens (tertiary/aromatic N) is 5. The molecule has 1 aliphatic heterocycles. The first kappa shape index (κ1) is 18.8. The van der Waals surface area contributed by atoms with E-state index in [0.29, 0.717) is 37.7 Å². The average Bonchev–Trinajstić information content (AvgIpc) is 3.13. The number of rotatable bonds is 3. The number of hydrogen-bond acceptors (Lipinski definition) is 6. The summed E-state index contributed by atoms with van der Waals surface area (Å²) in [5.74, 6) is 0.673. The first-order valence-corrected chi connectivity index (χ1v) is 9.59. The summed E-state index contributed by atoms with van der Waals surface area (Å²) in [5, 5.41) is 13.5. The van der Waals surface area contributed by atoms with Crippen molar-refractivity contribution in [1.29, 1.82) is 0 Å². The van der Waals surface area contributed by atoms with Crippen LogP contribution in [0.25, 0.3) is 10.9 Å². The minimum Gasteiger partial charge on any atom is -0.379 e. The molecule has 148 valence electrons. The summed E-state index contributed by atoms with van der Waals surface area (Å²) in [6.07, 6.45) is 0. The van der Waals surface area contributed by atoms with Crippen LogP contribution in [0.5, 0.6) is 0 Å². The van der Waals surface area contributed by atoms with E-state index < -0.39 is 0 Å². The summed E-state index contributed by atoms with van der Waals surface area (Å²) in [7, 11) is 0. The number of ether oxygens (including phenoxy) is 1. The van der Waals surface area contributed by atoms with Crippen molar-refractivity contribution in [2.45, 2.75) is 39.3 Å². The highest BCUT2D eigenvalue weighted by Gasteiger charge is 2.34. The second-order valence-corrected chi connectivity index (χ2v) is 8.32. The molecule has 0 aliphatic carbocycles. The molecule has 0 unspecified atom stereocenters. The van der Waals surface area contributed by atoms with Crippen molar-refractivity contribution in [3.63, 3.8) is 0 Å². The Morgan fingerprint density at radius 1 is 1.18 bits per heavy atom. The molecule has 0 spiro atoms. The Balaban J connectivity index is 1.90. The summed E-state index contributed by atoms with van der Waals surface area (Å²) in [4.78, 5) is 18.4. The maximum atomic E-state index is 13.1. The van der Waals surface area contributed by atoms with Gasteiger partial charge < -0.3 is 9.72 Å². The Morgan fingerprint density at radius 3 is 2.64 bits per heavy atom. The Morgan fingerprint density at radius 2 is 1.93 bits per heavy atom. The lowest BCUT2D eigenvalue weighted by Crippen LogP contribution is -2.43. The van der Waals surface area contributed by atoms with E-state index >= 15 is 0 Å². The fourth-order valence-corrected chi connectivity index (χ4v) is 3.71. The monoisotopic (exact) mass is 382 g/mol. The molecule has 0 radical (unpaired) electrons. The molecule has 1 N–H and O–H groups in total. The van der Waals surface area contributed by atoms with E-state index in [1.807, 2.05) is 35.9 Å². The number of H-pyrrole nitrogens is 1. The third-order valence-corrected chi connectivity index (χ3v) is 5.11. The van der Waals surface area contributed by atoms with Gasteiger partial charge in [0.25, 0.3) is 5.56 Å². The molecule has 1 atom stereocenters. The van der Waals surface area contributed by atoms with Gasteiger partial charge in [-0.05, 0) is 61.2 Å². The van der Waals surface area contributed by atoms with Crippen LogP contribution >= 0.6 is 0 Å². The Hall–Kier alpha value is -2.58. The van der Waals surface area contributed by atoms with Crippen LogP contribution < -0.4 is 5.56 Å². The van der Waals surface area contributed by atoms with E-state index in [0.717, 1.165) is 16.5 Å². The molecule has 1 aromatic carbocycles. The Bertz CT molecular complexity index is 1040. The van der Waals surface area contributed by atoms with Crippen molar-refractivity contribution < 1.29 is 4.74 Å². The lowest BCUT2D eigenvalue weighted by atomic mass is 10.0. The maximum absolute atomic E-state index is 13.1. The second-order valence-electron chi connectivity index (χ2n) is 8.32. The van der Waals surface area contributed by atoms with Crippen molar-refractivity contribution in [1.82, 2.24) is 30.1 Å². The number of hydrogen-bond donors (Lipinski definition) is 1. The highest BCUT2D eigenvalue weighted by Crippen LogP contribution is 2.29. The third-order valence-electron chi connectivity index (χ3n) is 5.11. The highest BCUT2D eigenvalue weighted by molar-refractivity contribution is 5.79. The molecular formula is C20H26N6O2. The molecule has 1 fully saturated rings. The number of aromatic amines is 1. The molecule has 4 rings (SSSR count). The van der Waals surface area contributed by atoms with Gasteiger partial charge in [0.15, 0.2) is 5.82 Å². The molecule has 3 aromatic rings. The van der Waals surface area contributed by atoms with Crippen LogP contribution in [0.15, 0.2) is 29.1 Å². The number of nitrogens with one attached hydrogen (secondary N) is 1. The van der Waals surface area contributed by atoms with Crippen molar-refractivity contribution in [2.75, 3.05) is 26.3 Å². The fraction of sp³-hybridized carbons (Fsp3) is 0.500. The van der Waals surface area contributed by atoms with Gasteiger partial charge in [-0.25, -0.2) is 4.68 Å². The zero-order chi connectivity index (χ0) is 19.9. The molecule has 0 bridgehead atoms. The van der Waals surface area contributed by atoms with Crippen LogP contribution in [0.1, 0.15) is 43.8 Å². The zero-order valence-electron chi connectivity index (χ0n) is 16.8. The maximum Gasteiger partial charge on any atom is 0.253 e. The normalized spacial score (nSPS) is 17.1. The summed E-state index contributed by atoms with van der Waals surface area (Å²) < 4.78 is 7.34. The summed E-state index contributed by atoms with van der Waals surface area (Å²) >= 11 is 0. The number of aromatic nitrogens is 5. The van der Waals surface area contributed by atoms with Crippen LogP contribution in [-0.2, 0) is 10.3 Å². The van der Waals surface area contributed by atoms with E-state index in [-0.39, 0.29) is 17.1 Å². The summed E-state index contributed by atoms with van der Waals surface area (Å²) in [6, 6.07) is 7.70. The Labute approximate surface area is 163 Å². The van der Waals surface area contributed by atoms with Crippen molar-refractivity contribution in [3.8, 4) is 0 Å².